The van der Waals surface area contributed by atoms with E-state index in [-0.39, 0.29) is 18.5 Å². The van der Waals surface area contributed by atoms with E-state index in [1.54, 1.807) is 20.8 Å². The molecule has 2 rings (SSSR count). The fourth-order valence-electron chi connectivity index (χ4n) is 2.09. The van der Waals surface area contributed by atoms with E-state index in [1.165, 1.54) is 17.0 Å². The summed E-state index contributed by atoms with van der Waals surface area (Å²) < 4.78 is 18.3. The van der Waals surface area contributed by atoms with Crippen molar-refractivity contribution in [2.75, 3.05) is 11.4 Å². The molecule has 21 heavy (non-hydrogen) atoms. The summed E-state index contributed by atoms with van der Waals surface area (Å²) in [4.78, 5) is 36.5. The van der Waals surface area contributed by atoms with Crippen molar-refractivity contribution in [3.8, 4) is 0 Å². The van der Waals surface area contributed by atoms with Gasteiger partial charge in [-0.3, -0.25) is 14.4 Å². The zero-order valence-corrected chi connectivity index (χ0v) is 12.1. The summed E-state index contributed by atoms with van der Waals surface area (Å²) in [5.74, 6) is -2.55. The highest BCUT2D eigenvalue weighted by atomic mass is 19.1. The quantitative estimate of drug-likeness (QED) is 0.632. The van der Waals surface area contributed by atoms with Crippen LogP contribution in [-0.4, -0.2) is 29.8 Å². The van der Waals surface area contributed by atoms with Crippen LogP contribution in [0.4, 0.5) is 10.1 Å². The standard InChI is InChI=1S/C15H16FNO4/c1-15(2,3)21-12(18)6-7-17-11-5-4-9(16)8-10(11)13(19)14(17)20/h4-5,8H,6-7H2,1-3H3. The molecule has 0 saturated carbocycles. The summed E-state index contributed by atoms with van der Waals surface area (Å²) in [7, 11) is 0. The Labute approximate surface area is 121 Å². The van der Waals surface area contributed by atoms with Gasteiger partial charge in [-0.2, -0.15) is 0 Å². The number of ketones is 1. The largest absolute Gasteiger partial charge is 0.460 e. The lowest BCUT2D eigenvalue weighted by Gasteiger charge is -2.21. The predicted octanol–water partition coefficient (Wildman–Crippen LogP) is 2.09. The van der Waals surface area contributed by atoms with Gasteiger partial charge in [-0.05, 0) is 39.0 Å². The van der Waals surface area contributed by atoms with Crippen molar-refractivity contribution >= 4 is 23.3 Å². The third-order valence-corrected chi connectivity index (χ3v) is 2.89. The van der Waals surface area contributed by atoms with Crippen LogP contribution in [0.25, 0.3) is 0 Å². The van der Waals surface area contributed by atoms with Gasteiger partial charge >= 0.3 is 5.97 Å². The van der Waals surface area contributed by atoms with Crippen LogP contribution in [0, 0.1) is 5.82 Å². The first-order valence-corrected chi connectivity index (χ1v) is 6.56. The molecule has 6 heteroatoms. The summed E-state index contributed by atoms with van der Waals surface area (Å²) in [5, 5.41) is 0. The van der Waals surface area contributed by atoms with Gasteiger partial charge in [0.2, 0.25) is 0 Å². The van der Waals surface area contributed by atoms with Crippen LogP contribution in [0.1, 0.15) is 37.6 Å². The van der Waals surface area contributed by atoms with E-state index in [4.69, 9.17) is 4.74 Å². The number of fused-ring (bicyclic) bond motifs is 1. The smallest absolute Gasteiger partial charge is 0.308 e. The molecule has 0 N–H and O–H groups in total. The molecule has 1 aromatic rings. The maximum Gasteiger partial charge on any atom is 0.308 e. The molecule has 0 saturated heterocycles. The highest BCUT2D eigenvalue weighted by molar-refractivity contribution is 6.52. The first kappa shape index (κ1) is 15.2. The molecule has 1 heterocycles. The van der Waals surface area contributed by atoms with Gasteiger partial charge in [0.1, 0.15) is 11.4 Å². The summed E-state index contributed by atoms with van der Waals surface area (Å²) >= 11 is 0. The highest BCUT2D eigenvalue weighted by Gasteiger charge is 2.36. The van der Waals surface area contributed by atoms with Crippen LogP contribution in [-0.2, 0) is 14.3 Å². The van der Waals surface area contributed by atoms with Gasteiger partial charge < -0.3 is 9.64 Å². The van der Waals surface area contributed by atoms with Gasteiger partial charge in [0.15, 0.2) is 0 Å². The lowest BCUT2D eigenvalue weighted by Crippen LogP contribution is -2.33. The van der Waals surface area contributed by atoms with Gasteiger partial charge in [-0.15, -0.1) is 0 Å². The van der Waals surface area contributed by atoms with E-state index in [9.17, 15) is 18.8 Å². The van der Waals surface area contributed by atoms with E-state index >= 15 is 0 Å². The second kappa shape index (κ2) is 5.27. The molecule has 5 nitrogen and oxygen atoms in total. The van der Waals surface area contributed by atoms with Gasteiger partial charge in [-0.1, -0.05) is 0 Å². The normalized spacial score (nSPS) is 14.4. The Balaban J connectivity index is 2.10. The molecule has 0 radical (unpaired) electrons. The first-order chi connectivity index (χ1) is 9.69. The van der Waals surface area contributed by atoms with E-state index in [2.05, 4.69) is 0 Å². The van der Waals surface area contributed by atoms with Gasteiger partial charge in [0.05, 0.1) is 17.7 Å². The fourth-order valence-corrected chi connectivity index (χ4v) is 2.09. The highest BCUT2D eigenvalue weighted by Crippen LogP contribution is 2.29. The topological polar surface area (TPSA) is 63.7 Å². The Morgan fingerprint density at radius 2 is 1.95 bits per heavy atom. The third kappa shape index (κ3) is 3.26. The number of anilines is 1. The second-order valence-electron chi connectivity index (χ2n) is 5.78. The molecule has 1 aliphatic heterocycles. The Kier molecular flexibility index (Phi) is 3.80. The third-order valence-electron chi connectivity index (χ3n) is 2.89. The number of benzene rings is 1. The molecule has 1 amide bonds. The maximum atomic E-state index is 13.1. The van der Waals surface area contributed by atoms with E-state index in [1.807, 2.05) is 0 Å². The second-order valence-corrected chi connectivity index (χ2v) is 5.78. The van der Waals surface area contributed by atoms with Crippen molar-refractivity contribution in [3.63, 3.8) is 0 Å². The monoisotopic (exact) mass is 293 g/mol. The van der Waals surface area contributed by atoms with Crippen LogP contribution in [0.2, 0.25) is 0 Å². The van der Waals surface area contributed by atoms with Crippen LogP contribution < -0.4 is 4.90 Å². The Hall–Kier alpha value is -2.24. The number of nitrogens with zero attached hydrogens (tertiary/aromatic N) is 1. The number of rotatable bonds is 3. The molecule has 1 aromatic carbocycles. The number of hydrogen-bond donors (Lipinski definition) is 0. The Morgan fingerprint density at radius 3 is 2.57 bits per heavy atom. The van der Waals surface area contributed by atoms with Crippen LogP contribution in [0.3, 0.4) is 0 Å². The Morgan fingerprint density at radius 1 is 1.29 bits per heavy atom. The van der Waals surface area contributed by atoms with E-state index in [0.717, 1.165) is 6.07 Å². The van der Waals surface area contributed by atoms with E-state index in [0.29, 0.717) is 5.69 Å². The first-order valence-electron chi connectivity index (χ1n) is 6.56. The lowest BCUT2D eigenvalue weighted by atomic mass is 10.1. The summed E-state index contributed by atoms with van der Waals surface area (Å²) in [6.07, 6.45) is -0.0346. The number of Topliss-reactive ketones (excluding diaryl/α,β-unsaturated/α-hetero) is 1. The van der Waals surface area contributed by atoms with Crippen molar-refractivity contribution in [2.24, 2.45) is 0 Å². The number of amides is 1. The minimum absolute atomic E-state index is 0.0259. The van der Waals surface area contributed by atoms with Gasteiger partial charge in [0.25, 0.3) is 11.7 Å². The summed E-state index contributed by atoms with van der Waals surface area (Å²) in [5.41, 5.74) is -0.248. The predicted molar refractivity (Wildman–Crippen MR) is 73.5 cm³/mol. The lowest BCUT2D eigenvalue weighted by molar-refractivity contribution is -0.154. The average Bonchev–Trinajstić information content (AvgIpc) is 2.58. The molecule has 0 bridgehead atoms. The van der Waals surface area contributed by atoms with E-state index < -0.39 is 29.1 Å². The number of halogens is 1. The summed E-state index contributed by atoms with van der Waals surface area (Å²) in [6.45, 7) is 5.26. The van der Waals surface area contributed by atoms with Crippen molar-refractivity contribution in [1.29, 1.82) is 0 Å². The average molecular weight is 293 g/mol. The SMILES string of the molecule is CC(C)(C)OC(=O)CCN1C(=O)C(=O)c2cc(F)ccc21. The zero-order chi connectivity index (χ0) is 15.8. The molecule has 0 spiro atoms. The van der Waals surface area contributed by atoms with Crippen molar-refractivity contribution in [2.45, 2.75) is 32.8 Å². The Bertz CT molecular complexity index is 619. The maximum absolute atomic E-state index is 13.1. The molecular weight excluding hydrogens is 277 g/mol. The molecule has 0 aromatic heterocycles. The molecule has 0 aliphatic carbocycles. The van der Waals surface area contributed by atoms with Crippen LogP contribution in [0.5, 0.6) is 0 Å². The molecule has 112 valence electrons. The molecular formula is C15H16FNO4. The minimum atomic E-state index is -0.756. The number of carbonyl (C=O) groups is 3. The minimum Gasteiger partial charge on any atom is -0.460 e. The fraction of sp³-hybridized carbons (Fsp3) is 0.400. The van der Waals surface area contributed by atoms with Crippen molar-refractivity contribution in [3.05, 3.63) is 29.6 Å². The van der Waals surface area contributed by atoms with Crippen molar-refractivity contribution in [1.82, 2.24) is 0 Å². The zero-order valence-electron chi connectivity index (χ0n) is 12.1. The van der Waals surface area contributed by atoms with Crippen LogP contribution >= 0.6 is 0 Å². The number of esters is 1. The number of carbonyl (C=O) groups excluding carboxylic acids is 3. The molecule has 0 unspecified atom stereocenters. The van der Waals surface area contributed by atoms with Crippen molar-refractivity contribution < 1.29 is 23.5 Å². The molecule has 0 fully saturated rings. The number of ether oxygens (including phenoxy) is 1. The summed E-state index contributed by atoms with van der Waals surface area (Å²) in [6, 6.07) is 3.57. The van der Waals surface area contributed by atoms with Gasteiger partial charge in [-0.25, -0.2) is 4.39 Å². The van der Waals surface area contributed by atoms with Gasteiger partial charge in [0, 0.05) is 6.54 Å². The number of hydrogen-bond acceptors (Lipinski definition) is 4. The molecule has 1 aliphatic rings. The molecule has 0 atom stereocenters. The van der Waals surface area contributed by atoms with Crippen LogP contribution in [0.15, 0.2) is 18.2 Å².